The van der Waals surface area contributed by atoms with Gasteiger partial charge in [0.25, 0.3) is 0 Å². The Bertz CT molecular complexity index is 1080. The average molecular weight is 420 g/mol. The molecule has 7 heteroatoms. The number of methoxy groups -OCH3 is 4. The second-order valence-electron chi connectivity index (χ2n) is 6.45. The lowest BCUT2D eigenvalue weighted by Gasteiger charge is -2.07. The first kappa shape index (κ1) is 21.7. The molecule has 0 unspecified atom stereocenters. The van der Waals surface area contributed by atoms with Crippen molar-refractivity contribution in [3.63, 3.8) is 0 Å². The third-order valence-electron chi connectivity index (χ3n) is 4.54. The summed E-state index contributed by atoms with van der Waals surface area (Å²) in [6, 6.07) is 12.8. The molecule has 0 fully saturated rings. The van der Waals surface area contributed by atoms with Crippen molar-refractivity contribution in [2.24, 2.45) is 0 Å². The minimum Gasteiger partial charge on any atom is -0.497 e. The fourth-order valence-corrected chi connectivity index (χ4v) is 2.94. The molecule has 0 spiro atoms. The molecule has 0 bridgehead atoms. The van der Waals surface area contributed by atoms with Gasteiger partial charge in [-0.05, 0) is 54.6 Å². The van der Waals surface area contributed by atoms with Gasteiger partial charge in [0.05, 0.1) is 34.1 Å². The summed E-state index contributed by atoms with van der Waals surface area (Å²) in [5.41, 5.74) is 2.37. The van der Waals surface area contributed by atoms with E-state index in [0.29, 0.717) is 34.4 Å². The molecule has 31 heavy (non-hydrogen) atoms. The highest BCUT2D eigenvalue weighted by Gasteiger charge is 2.04. The van der Waals surface area contributed by atoms with Crippen LogP contribution >= 0.6 is 0 Å². The first-order valence-corrected chi connectivity index (χ1v) is 9.48. The second kappa shape index (κ2) is 10.2. The highest BCUT2D eigenvalue weighted by atomic mass is 16.5. The largest absolute Gasteiger partial charge is 0.497 e. The number of ether oxygens (including phenoxy) is 4. The fourth-order valence-electron chi connectivity index (χ4n) is 2.94. The number of aromatic amines is 1. The van der Waals surface area contributed by atoms with E-state index in [1.54, 1.807) is 58.8 Å². The van der Waals surface area contributed by atoms with Crippen LogP contribution in [0.5, 0.6) is 23.0 Å². The Hall–Kier alpha value is -4.00. The van der Waals surface area contributed by atoms with Gasteiger partial charge in [0.15, 0.2) is 0 Å². The molecule has 1 heterocycles. The predicted molar refractivity (Wildman–Crippen MR) is 122 cm³/mol. The number of benzene rings is 2. The zero-order valence-corrected chi connectivity index (χ0v) is 17.8. The van der Waals surface area contributed by atoms with Crippen LogP contribution in [-0.2, 0) is 0 Å². The Balaban J connectivity index is 1.87. The Morgan fingerprint density at radius 2 is 1.26 bits per heavy atom. The summed E-state index contributed by atoms with van der Waals surface area (Å²) in [6.07, 6.45) is 7.23. The molecule has 2 aromatic carbocycles. The van der Waals surface area contributed by atoms with Crippen molar-refractivity contribution in [2.45, 2.75) is 0 Å². The minimum absolute atomic E-state index is 0.440. The molecule has 0 saturated heterocycles. The van der Waals surface area contributed by atoms with E-state index in [1.807, 2.05) is 36.4 Å². The van der Waals surface area contributed by atoms with E-state index in [4.69, 9.17) is 18.9 Å². The molecule has 0 aliphatic carbocycles. The van der Waals surface area contributed by atoms with Crippen LogP contribution in [0.4, 0.5) is 0 Å². The molecular formula is C24H24N2O5. The predicted octanol–water partition coefficient (Wildman–Crippen LogP) is 4.15. The number of nitrogens with one attached hydrogen (secondary N) is 1. The molecule has 1 N–H and O–H groups in total. The summed E-state index contributed by atoms with van der Waals surface area (Å²) in [5.74, 6) is 2.73. The average Bonchev–Trinajstić information content (AvgIpc) is 2.80. The Morgan fingerprint density at radius 1 is 0.710 bits per heavy atom. The summed E-state index contributed by atoms with van der Waals surface area (Å²) in [7, 11) is 6.38. The molecule has 0 aliphatic heterocycles. The highest BCUT2D eigenvalue weighted by molar-refractivity contribution is 5.75. The molecule has 0 amide bonds. The number of aromatic nitrogens is 2. The first-order valence-electron chi connectivity index (χ1n) is 9.48. The topological polar surface area (TPSA) is 82.7 Å². The summed E-state index contributed by atoms with van der Waals surface area (Å²) in [5, 5.41) is 0. The normalized spacial score (nSPS) is 11.1. The van der Waals surface area contributed by atoms with Crippen molar-refractivity contribution in [1.29, 1.82) is 0 Å². The van der Waals surface area contributed by atoms with Crippen LogP contribution < -0.4 is 24.6 Å². The maximum Gasteiger partial charge on any atom is 0.345 e. The Labute approximate surface area is 180 Å². The van der Waals surface area contributed by atoms with Crippen molar-refractivity contribution in [3.05, 3.63) is 75.5 Å². The van der Waals surface area contributed by atoms with Gasteiger partial charge in [-0.3, -0.25) is 0 Å². The number of nitrogens with zero attached hydrogens (tertiary/aromatic N) is 1. The number of rotatable bonds is 8. The molecule has 7 nitrogen and oxygen atoms in total. The highest BCUT2D eigenvalue weighted by Crippen LogP contribution is 2.27. The van der Waals surface area contributed by atoms with E-state index in [9.17, 15) is 4.79 Å². The monoisotopic (exact) mass is 420 g/mol. The van der Waals surface area contributed by atoms with Gasteiger partial charge in [-0.2, -0.15) is 4.98 Å². The summed E-state index contributed by atoms with van der Waals surface area (Å²) in [6.45, 7) is 0. The van der Waals surface area contributed by atoms with Crippen molar-refractivity contribution < 1.29 is 18.9 Å². The van der Waals surface area contributed by atoms with Crippen molar-refractivity contribution in [3.8, 4) is 23.0 Å². The van der Waals surface area contributed by atoms with E-state index < -0.39 is 5.69 Å². The molecule has 3 aromatic rings. The molecule has 0 aliphatic rings. The zero-order valence-electron chi connectivity index (χ0n) is 17.8. The number of hydrogen-bond acceptors (Lipinski definition) is 6. The molecule has 1 aromatic heterocycles. The number of H-pyrrole nitrogens is 1. The molecule has 0 atom stereocenters. The first-order chi connectivity index (χ1) is 15.1. The van der Waals surface area contributed by atoms with E-state index in [-0.39, 0.29) is 0 Å². The number of hydrogen-bond donors (Lipinski definition) is 1. The van der Waals surface area contributed by atoms with Crippen LogP contribution in [0.25, 0.3) is 24.3 Å². The molecule has 3 rings (SSSR count). The van der Waals surface area contributed by atoms with E-state index in [0.717, 1.165) is 11.1 Å². The lowest BCUT2D eigenvalue weighted by atomic mass is 10.1. The van der Waals surface area contributed by atoms with Gasteiger partial charge in [0, 0.05) is 29.0 Å². The van der Waals surface area contributed by atoms with Crippen molar-refractivity contribution in [2.75, 3.05) is 28.4 Å². The lowest BCUT2D eigenvalue weighted by Crippen LogP contribution is -2.12. The molecular weight excluding hydrogens is 396 g/mol. The third kappa shape index (κ3) is 5.54. The minimum atomic E-state index is -0.440. The Kier molecular flexibility index (Phi) is 7.11. The fraction of sp³-hybridized carbons (Fsp3) is 0.167. The van der Waals surface area contributed by atoms with Gasteiger partial charge in [0.1, 0.15) is 23.0 Å². The van der Waals surface area contributed by atoms with Crippen LogP contribution in [0.1, 0.15) is 22.5 Å². The van der Waals surface area contributed by atoms with Crippen LogP contribution in [-0.4, -0.2) is 38.4 Å². The van der Waals surface area contributed by atoms with Crippen molar-refractivity contribution >= 4 is 24.3 Å². The SMILES string of the molecule is COc1ccc(C=Cc2cc(C=Cc3ccc(OC)cc3OC)[nH]c(=O)n2)c(OC)c1. The summed E-state index contributed by atoms with van der Waals surface area (Å²) >= 11 is 0. The maximum atomic E-state index is 12.0. The van der Waals surface area contributed by atoms with E-state index in [1.165, 1.54) is 0 Å². The van der Waals surface area contributed by atoms with Crippen LogP contribution in [0.3, 0.4) is 0 Å². The molecule has 160 valence electrons. The molecule has 0 radical (unpaired) electrons. The smallest absolute Gasteiger partial charge is 0.345 e. The van der Waals surface area contributed by atoms with Gasteiger partial charge >= 0.3 is 5.69 Å². The van der Waals surface area contributed by atoms with Gasteiger partial charge in [-0.1, -0.05) is 0 Å². The molecule has 0 saturated carbocycles. The van der Waals surface area contributed by atoms with Gasteiger partial charge in [0.2, 0.25) is 0 Å². The Morgan fingerprint density at radius 3 is 1.77 bits per heavy atom. The van der Waals surface area contributed by atoms with Gasteiger partial charge < -0.3 is 23.9 Å². The van der Waals surface area contributed by atoms with Gasteiger partial charge in [-0.15, -0.1) is 0 Å². The lowest BCUT2D eigenvalue weighted by molar-refractivity contribution is 0.393. The maximum absolute atomic E-state index is 12.0. The van der Waals surface area contributed by atoms with Crippen LogP contribution in [0, 0.1) is 0 Å². The third-order valence-corrected chi connectivity index (χ3v) is 4.54. The van der Waals surface area contributed by atoms with Crippen LogP contribution in [0.2, 0.25) is 0 Å². The van der Waals surface area contributed by atoms with E-state index >= 15 is 0 Å². The summed E-state index contributed by atoms with van der Waals surface area (Å²) < 4.78 is 21.2. The standard InChI is InChI=1S/C24H24N2O5/c1-28-20-11-7-16(22(14-20)30-3)5-9-18-13-19(26-24(27)25-18)10-6-17-8-12-21(29-2)15-23(17)31-4/h5-15H,1-4H3,(H,25,26,27). The second-order valence-corrected chi connectivity index (χ2v) is 6.45. The summed E-state index contributed by atoms with van der Waals surface area (Å²) in [4.78, 5) is 18.8. The van der Waals surface area contributed by atoms with Crippen molar-refractivity contribution in [1.82, 2.24) is 9.97 Å². The van der Waals surface area contributed by atoms with Crippen LogP contribution in [0.15, 0.2) is 47.3 Å². The zero-order chi connectivity index (χ0) is 22.2. The van der Waals surface area contributed by atoms with Gasteiger partial charge in [-0.25, -0.2) is 4.79 Å². The quantitative estimate of drug-likeness (QED) is 0.590. The van der Waals surface area contributed by atoms with E-state index in [2.05, 4.69) is 9.97 Å².